The van der Waals surface area contributed by atoms with Crippen molar-refractivity contribution in [2.24, 2.45) is 5.92 Å². The minimum Gasteiger partial charge on any atom is -0.335 e. The van der Waals surface area contributed by atoms with Gasteiger partial charge < -0.3 is 10.2 Å². The number of amides is 1. The van der Waals surface area contributed by atoms with Crippen LogP contribution in [0, 0.1) is 5.92 Å². The molecule has 1 aromatic heterocycles. The lowest BCUT2D eigenvalue weighted by Gasteiger charge is -2.29. The number of piperidine rings is 1. The van der Waals surface area contributed by atoms with Crippen molar-refractivity contribution < 1.29 is 4.79 Å². The number of hydrogen-bond acceptors (Lipinski definition) is 3. The van der Waals surface area contributed by atoms with Crippen molar-refractivity contribution in [1.82, 2.24) is 15.2 Å². The Hall–Kier alpha value is -1.68. The maximum atomic E-state index is 12.6. The highest BCUT2D eigenvalue weighted by Crippen LogP contribution is 2.26. The summed E-state index contributed by atoms with van der Waals surface area (Å²) in [4.78, 5) is 18.9. The third kappa shape index (κ3) is 2.61. The quantitative estimate of drug-likeness (QED) is 0.852. The number of nitrogens with one attached hydrogen (secondary N) is 1. The maximum absolute atomic E-state index is 12.6. The van der Waals surface area contributed by atoms with E-state index >= 15 is 0 Å². The van der Waals surface area contributed by atoms with E-state index in [9.17, 15) is 4.79 Å². The van der Waals surface area contributed by atoms with Crippen molar-refractivity contribution in [3.05, 3.63) is 42.7 Å². The molecule has 2 aliphatic rings. The smallest absolute Gasteiger partial charge is 0.240 e. The van der Waals surface area contributed by atoms with Gasteiger partial charge in [-0.25, -0.2) is 0 Å². The van der Waals surface area contributed by atoms with Crippen LogP contribution in [0.3, 0.4) is 0 Å². The van der Waals surface area contributed by atoms with Crippen LogP contribution in [0.5, 0.6) is 0 Å². The summed E-state index contributed by atoms with van der Waals surface area (Å²) in [6.07, 6.45) is 6.97. The Labute approximate surface area is 119 Å². The lowest BCUT2D eigenvalue weighted by molar-refractivity contribution is -0.133. The fourth-order valence-electron chi connectivity index (χ4n) is 3.26. The van der Waals surface area contributed by atoms with Crippen molar-refractivity contribution in [2.45, 2.75) is 37.9 Å². The highest BCUT2D eigenvalue weighted by Gasteiger charge is 2.37. The average Bonchev–Trinajstić information content (AvgIpc) is 2.59. The molecule has 1 N–H and O–H groups in total. The van der Waals surface area contributed by atoms with Crippen LogP contribution >= 0.6 is 0 Å². The van der Waals surface area contributed by atoms with Crippen LogP contribution < -0.4 is 5.32 Å². The lowest BCUT2D eigenvalue weighted by atomic mass is 9.91. The Balaban J connectivity index is 1.81. The van der Waals surface area contributed by atoms with Crippen LogP contribution in [-0.4, -0.2) is 34.4 Å². The number of rotatable bonds is 3. The first kappa shape index (κ1) is 13.3. The van der Waals surface area contributed by atoms with E-state index in [0.29, 0.717) is 18.5 Å². The SMILES string of the molecule is C=C[C@H]1CN(Cc2ccccn2)C(=O)C2CCC[C@@H]1N2. The molecule has 3 heterocycles. The molecule has 3 atom stereocenters. The molecule has 0 aliphatic carbocycles. The van der Waals surface area contributed by atoms with Crippen LogP contribution in [0.2, 0.25) is 0 Å². The second-order valence-electron chi connectivity index (χ2n) is 5.70. The Kier molecular flexibility index (Phi) is 3.83. The van der Waals surface area contributed by atoms with Crippen LogP contribution in [0.4, 0.5) is 0 Å². The summed E-state index contributed by atoms with van der Waals surface area (Å²) >= 11 is 0. The van der Waals surface area contributed by atoms with Crippen molar-refractivity contribution in [3.63, 3.8) is 0 Å². The summed E-state index contributed by atoms with van der Waals surface area (Å²) < 4.78 is 0. The molecule has 0 aromatic carbocycles. The van der Waals surface area contributed by atoms with E-state index in [1.54, 1.807) is 6.20 Å². The van der Waals surface area contributed by atoms with Gasteiger partial charge in [-0.15, -0.1) is 6.58 Å². The Bertz CT molecular complexity index is 488. The van der Waals surface area contributed by atoms with Gasteiger partial charge in [0.15, 0.2) is 0 Å². The molecular formula is C16H21N3O. The van der Waals surface area contributed by atoms with Gasteiger partial charge in [0.2, 0.25) is 5.91 Å². The zero-order chi connectivity index (χ0) is 13.9. The lowest BCUT2D eigenvalue weighted by Crippen LogP contribution is -2.48. The maximum Gasteiger partial charge on any atom is 0.240 e. The van der Waals surface area contributed by atoms with E-state index in [-0.39, 0.29) is 11.9 Å². The molecule has 3 rings (SSSR count). The Morgan fingerprint density at radius 3 is 3.10 bits per heavy atom. The summed E-state index contributed by atoms with van der Waals surface area (Å²) in [5.74, 6) is 0.540. The molecular weight excluding hydrogens is 250 g/mol. The van der Waals surface area contributed by atoms with Crippen molar-refractivity contribution in [3.8, 4) is 0 Å². The molecule has 2 saturated heterocycles. The molecule has 0 spiro atoms. The second-order valence-corrected chi connectivity index (χ2v) is 5.70. The van der Waals surface area contributed by atoms with Gasteiger partial charge in [-0.3, -0.25) is 9.78 Å². The fourth-order valence-corrected chi connectivity index (χ4v) is 3.26. The number of carbonyl (C=O) groups excluding carboxylic acids is 1. The van der Waals surface area contributed by atoms with Gasteiger partial charge in [-0.05, 0) is 31.4 Å². The molecule has 20 heavy (non-hydrogen) atoms. The number of aromatic nitrogens is 1. The summed E-state index contributed by atoms with van der Waals surface area (Å²) in [6, 6.07) is 6.20. The molecule has 106 valence electrons. The highest BCUT2D eigenvalue weighted by atomic mass is 16.2. The van der Waals surface area contributed by atoms with Gasteiger partial charge in [0, 0.05) is 24.7 Å². The molecule has 4 heteroatoms. The number of carbonyl (C=O) groups is 1. The van der Waals surface area contributed by atoms with Crippen LogP contribution in [-0.2, 0) is 11.3 Å². The minimum atomic E-state index is -0.0255. The molecule has 2 fully saturated rings. The molecule has 1 unspecified atom stereocenters. The summed E-state index contributed by atoms with van der Waals surface area (Å²) in [5, 5.41) is 3.50. The molecule has 0 radical (unpaired) electrons. The van der Waals surface area contributed by atoms with Gasteiger partial charge >= 0.3 is 0 Å². The Morgan fingerprint density at radius 2 is 2.35 bits per heavy atom. The van der Waals surface area contributed by atoms with E-state index < -0.39 is 0 Å². The van der Waals surface area contributed by atoms with Gasteiger partial charge in [-0.2, -0.15) is 0 Å². The van der Waals surface area contributed by atoms with E-state index in [2.05, 4.69) is 16.9 Å². The monoisotopic (exact) mass is 271 g/mol. The third-order valence-corrected chi connectivity index (χ3v) is 4.36. The number of hydrogen-bond donors (Lipinski definition) is 1. The van der Waals surface area contributed by atoms with E-state index in [4.69, 9.17) is 0 Å². The third-order valence-electron chi connectivity index (χ3n) is 4.36. The topological polar surface area (TPSA) is 45.2 Å². The van der Waals surface area contributed by atoms with Crippen molar-refractivity contribution in [2.75, 3.05) is 6.54 Å². The van der Waals surface area contributed by atoms with Gasteiger partial charge in [0.05, 0.1) is 18.3 Å². The summed E-state index contributed by atoms with van der Waals surface area (Å²) in [7, 11) is 0. The van der Waals surface area contributed by atoms with E-state index in [1.807, 2.05) is 29.2 Å². The zero-order valence-corrected chi connectivity index (χ0v) is 11.7. The number of nitrogens with zero attached hydrogens (tertiary/aromatic N) is 2. The van der Waals surface area contributed by atoms with Crippen LogP contribution in [0.25, 0.3) is 0 Å². The first-order valence-electron chi connectivity index (χ1n) is 7.35. The Morgan fingerprint density at radius 1 is 1.45 bits per heavy atom. The van der Waals surface area contributed by atoms with Crippen molar-refractivity contribution in [1.29, 1.82) is 0 Å². The summed E-state index contributed by atoms with van der Waals surface area (Å²) in [5.41, 5.74) is 0.945. The molecule has 1 aromatic rings. The highest BCUT2D eigenvalue weighted by molar-refractivity contribution is 5.82. The van der Waals surface area contributed by atoms with Gasteiger partial charge in [-0.1, -0.05) is 12.1 Å². The molecule has 2 bridgehead atoms. The second kappa shape index (κ2) is 5.75. The predicted octanol–water partition coefficient (Wildman–Crippen LogP) is 1.74. The van der Waals surface area contributed by atoms with Crippen LogP contribution in [0.15, 0.2) is 37.1 Å². The average molecular weight is 271 g/mol. The van der Waals surface area contributed by atoms with E-state index in [0.717, 1.165) is 31.5 Å². The number of pyridine rings is 1. The first-order valence-corrected chi connectivity index (χ1v) is 7.35. The molecule has 1 amide bonds. The minimum absolute atomic E-state index is 0.0255. The molecule has 2 aliphatic heterocycles. The fraction of sp³-hybridized carbons (Fsp3) is 0.500. The standard InChI is InChI=1S/C16H21N3O/c1-2-12-10-19(11-13-6-3-4-9-17-13)16(20)15-8-5-7-14(12)18-15/h2-4,6,9,12,14-15,18H,1,5,7-8,10-11H2/t12-,14-,15?/m0/s1. The largest absolute Gasteiger partial charge is 0.335 e. The number of fused-ring (bicyclic) bond motifs is 2. The molecule has 0 saturated carbocycles. The van der Waals surface area contributed by atoms with Gasteiger partial charge in [0.25, 0.3) is 0 Å². The zero-order valence-electron chi connectivity index (χ0n) is 11.7. The van der Waals surface area contributed by atoms with Crippen molar-refractivity contribution >= 4 is 5.91 Å². The predicted molar refractivity (Wildman–Crippen MR) is 77.9 cm³/mol. The van der Waals surface area contributed by atoms with E-state index in [1.165, 1.54) is 0 Å². The van der Waals surface area contributed by atoms with Gasteiger partial charge in [0.1, 0.15) is 0 Å². The summed E-state index contributed by atoms with van der Waals surface area (Å²) in [6.45, 7) is 5.28. The normalized spacial score (nSPS) is 29.9. The van der Waals surface area contributed by atoms with Crippen LogP contribution in [0.1, 0.15) is 25.0 Å². The first-order chi connectivity index (χ1) is 9.78. The molecule has 4 nitrogen and oxygen atoms in total.